The topological polar surface area (TPSA) is 3.24 Å². The van der Waals surface area contributed by atoms with Gasteiger partial charge in [-0.2, -0.15) is 0 Å². The third kappa shape index (κ3) is 2.01. The maximum Gasteiger partial charge on any atom is 0.0591 e. The van der Waals surface area contributed by atoms with E-state index in [0.717, 1.165) is 6.54 Å². The van der Waals surface area contributed by atoms with Crippen LogP contribution < -0.4 is 0 Å². The highest BCUT2D eigenvalue weighted by Gasteiger charge is 2.01. The quantitative estimate of drug-likeness (QED) is 0.537. The molecule has 56 valence electrons. The predicted octanol–water partition coefficient (Wildman–Crippen LogP) is 2.89. The standard InChI is InChI=1S/C8H12IN/c1-2-10(9)8-6-4-3-5-7-8/h4,6-7H,2-3,5H2,1H3. The molecule has 0 aromatic carbocycles. The van der Waals surface area contributed by atoms with Crippen molar-refractivity contribution in [2.24, 2.45) is 0 Å². The molecule has 0 N–H and O–H groups in total. The predicted molar refractivity (Wildman–Crippen MR) is 52.9 cm³/mol. The minimum atomic E-state index is 1.08. The van der Waals surface area contributed by atoms with Crippen LogP contribution in [0.3, 0.4) is 0 Å². The van der Waals surface area contributed by atoms with Crippen molar-refractivity contribution in [1.82, 2.24) is 3.11 Å². The molecule has 1 nitrogen and oxygen atoms in total. The average molecular weight is 249 g/mol. The van der Waals surface area contributed by atoms with Gasteiger partial charge in [-0.15, -0.1) is 0 Å². The lowest BCUT2D eigenvalue weighted by Crippen LogP contribution is -2.08. The Labute approximate surface area is 76.3 Å². The van der Waals surface area contributed by atoms with E-state index in [0.29, 0.717) is 0 Å². The van der Waals surface area contributed by atoms with Gasteiger partial charge in [-0.05, 0) is 25.8 Å². The first kappa shape index (κ1) is 8.11. The van der Waals surface area contributed by atoms with E-state index in [1.54, 1.807) is 0 Å². The summed E-state index contributed by atoms with van der Waals surface area (Å²) in [6, 6.07) is 0. The second-order valence-electron chi connectivity index (χ2n) is 2.29. The Hall–Kier alpha value is 0.0100. The maximum absolute atomic E-state index is 2.34. The third-order valence-corrected chi connectivity index (χ3v) is 2.77. The molecule has 0 amide bonds. The summed E-state index contributed by atoms with van der Waals surface area (Å²) in [5.74, 6) is 0. The van der Waals surface area contributed by atoms with Gasteiger partial charge in [-0.1, -0.05) is 12.2 Å². The highest BCUT2D eigenvalue weighted by Crippen LogP contribution is 2.17. The third-order valence-electron chi connectivity index (χ3n) is 1.53. The van der Waals surface area contributed by atoms with Gasteiger partial charge in [-0.25, -0.2) is 0 Å². The number of allylic oxidation sites excluding steroid dienone is 3. The zero-order chi connectivity index (χ0) is 7.40. The molecule has 1 aliphatic rings. The highest BCUT2D eigenvalue weighted by atomic mass is 127. The lowest BCUT2D eigenvalue weighted by atomic mass is 10.1. The second kappa shape index (κ2) is 4.01. The van der Waals surface area contributed by atoms with E-state index in [1.165, 1.54) is 18.5 Å². The summed E-state index contributed by atoms with van der Waals surface area (Å²) < 4.78 is 2.23. The molecule has 0 unspecified atom stereocenters. The number of hydrogen-bond donors (Lipinski definition) is 0. The fraction of sp³-hybridized carbons (Fsp3) is 0.500. The van der Waals surface area contributed by atoms with Crippen LogP contribution in [0.25, 0.3) is 0 Å². The van der Waals surface area contributed by atoms with Crippen LogP contribution in [0.15, 0.2) is 23.9 Å². The van der Waals surface area contributed by atoms with Gasteiger partial charge in [0.05, 0.1) is 22.9 Å². The molecule has 0 aromatic heterocycles. The number of halogens is 1. The van der Waals surface area contributed by atoms with Gasteiger partial charge in [0.1, 0.15) is 0 Å². The van der Waals surface area contributed by atoms with Gasteiger partial charge in [0.2, 0.25) is 0 Å². The molecule has 0 fully saturated rings. The molecule has 0 atom stereocenters. The first-order valence-corrected chi connectivity index (χ1v) is 4.61. The van der Waals surface area contributed by atoms with Crippen LogP contribution in [0.2, 0.25) is 0 Å². The van der Waals surface area contributed by atoms with Gasteiger partial charge in [0, 0.05) is 12.2 Å². The van der Waals surface area contributed by atoms with Crippen molar-refractivity contribution in [1.29, 1.82) is 0 Å². The molecule has 0 saturated heterocycles. The molecule has 0 saturated carbocycles. The molecular weight excluding hydrogens is 237 g/mol. The number of hydrogen-bond acceptors (Lipinski definition) is 1. The van der Waals surface area contributed by atoms with Crippen LogP contribution in [0.1, 0.15) is 19.8 Å². The average Bonchev–Trinajstić information content (AvgIpc) is 2.05. The fourth-order valence-corrected chi connectivity index (χ4v) is 1.32. The van der Waals surface area contributed by atoms with Gasteiger partial charge in [-0.3, -0.25) is 0 Å². The summed E-state index contributed by atoms with van der Waals surface area (Å²) in [5.41, 5.74) is 1.36. The molecule has 1 rings (SSSR count). The second-order valence-corrected chi connectivity index (χ2v) is 3.45. The van der Waals surface area contributed by atoms with Gasteiger partial charge < -0.3 is 3.11 Å². The zero-order valence-electron chi connectivity index (χ0n) is 6.18. The van der Waals surface area contributed by atoms with Crippen molar-refractivity contribution in [3.8, 4) is 0 Å². The van der Waals surface area contributed by atoms with E-state index < -0.39 is 0 Å². The van der Waals surface area contributed by atoms with Crippen LogP contribution in [-0.2, 0) is 0 Å². The first-order valence-electron chi connectivity index (χ1n) is 3.64. The molecule has 0 aromatic rings. The lowest BCUT2D eigenvalue weighted by Gasteiger charge is -2.16. The molecule has 2 heteroatoms. The van der Waals surface area contributed by atoms with Crippen molar-refractivity contribution in [3.63, 3.8) is 0 Å². The summed E-state index contributed by atoms with van der Waals surface area (Å²) in [7, 11) is 0. The Balaban J connectivity index is 2.54. The number of rotatable bonds is 2. The molecule has 10 heavy (non-hydrogen) atoms. The van der Waals surface area contributed by atoms with Crippen molar-refractivity contribution in [2.45, 2.75) is 19.8 Å². The Morgan fingerprint density at radius 2 is 2.40 bits per heavy atom. The summed E-state index contributed by atoms with van der Waals surface area (Å²) >= 11 is 2.34. The highest BCUT2D eigenvalue weighted by molar-refractivity contribution is 14.1. The summed E-state index contributed by atoms with van der Waals surface area (Å²) in [5, 5.41) is 0. The number of nitrogens with zero attached hydrogens (tertiary/aromatic N) is 1. The Kier molecular flexibility index (Phi) is 3.25. The van der Waals surface area contributed by atoms with Gasteiger partial charge in [0.25, 0.3) is 0 Å². The fourth-order valence-electron chi connectivity index (χ4n) is 0.962. The Morgan fingerprint density at radius 3 is 2.90 bits per heavy atom. The minimum absolute atomic E-state index is 1.08. The van der Waals surface area contributed by atoms with E-state index in [4.69, 9.17) is 0 Å². The Bertz CT molecular complexity index is 161. The van der Waals surface area contributed by atoms with E-state index in [1.807, 2.05) is 0 Å². The van der Waals surface area contributed by atoms with E-state index in [9.17, 15) is 0 Å². The summed E-state index contributed by atoms with van der Waals surface area (Å²) in [4.78, 5) is 0. The zero-order valence-corrected chi connectivity index (χ0v) is 8.34. The molecule has 0 radical (unpaired) electrons. The number of likely N-dealkylation sites (N-methyl/N-ethyl adjacent to an activating group) is 1. The van der Waals surface area contributed by atoms with E-state index in [-0.39, 0.29) is 0 Å². The largest absolute Gasteiger partial charge is 0.315 e. The van der Waals surface area contributed by atoms with Crippen LogP contribution >= 0.6 is 22.9 Å². The van der Waals surface area contributed by atoms with Crippen molar-refractivity contribution < 1.29 is 0 Å². The van der Waals surface area contributed by atoms with Crippen molar-refractivity contribution >= 4 is 22.9 Å². The van der Waals surface area contributed by atoms with Crippen molar-refractivity contribution in [3.05, 3.63) is 23.9 Å². The smallest absolute Gasteiger partial charge is 0.0591 e. The molecular formula is C8H12IN. The van der Waals surface area contributed by atoms with Crippen LogP contribution in [0, 0.1) is 0 Å². The normalized spacial score (nSPS) is 16.8. The summed E-state index contributed by atoms with van der Waals surface area (Å²) in [6.45, 7) is 3.24. The van der Waals surface area contributed by atoms with Crippen molar-refractivity contribution in [2.75, 3.05) is 6.54 Å². The van der Waals surface area contributed by atoms with E-state index in [2.05, 4.69) is 51.1 Å². The molecule has 0 bridgehead atoms. The molecule has 0 heterocycles. The molecule has 0 spiro atoms. The lowest BCUT2D eigenvalue weighted by molar-refractivity contribution is 0.661. The Morgan fingerprint density at radius 1 is 1.60 bits per heavy atom. The monoisotopic (exact) mass is 249 g/mol. The van der Waals surface area contributed by atoms with E-state index >= 15 is 0 Å². The van der Waals surface area contributed by atoms with Crippen LogP contribution in [-0.4, -0.2) is 9.66 Å². The molecule has 0 aliphatic heterocycles. The van der Waals surface area contributed by atoms with Crippen LogP contribution in [0.5, 0.6) is 0 Å². The first-order chi connectivity index (χ1) is 4.84. The molecule has 1 aliphatic carbocycles. The van der Waals surface area contributed by atoms with Gasteiger partial charge >= 0.3 is 0 Å². The maximum atomic E-state index is 2.34. The minimum Gasteiger partial charge on any atom is -0.315 e. The van der Waals surface area contributed by atoms with Crippen LogP contribution in [0.4, 0.5) is 0 Å². The summed E-state index contributed by atoms with van der Waals surface area (Å²) in [6.07, 6.45) is 9.12. The van der Waals surface area contributed by atoms with Gasteiger partial charge in [0.15, 0.2) is 0 Å². The SMILES string of the molecule is CCN(I)C1=CCCC=C1.